The van der Waals surface area contributed by atoms with Crippen molar-refractivity contribution in [1.82, 2.24) is 9.47 Å². The smallest absolute Gasteiger partial charge is 0.0588 e. The van der Waals surface area contributed by atoms with Crippen LogP contribution in [0.15, 0.2) is 54.6 Å². The summed E-state index contributed by atoms with van der Waals surface area (Å²) in [6.07, 6.45) is 3.78. The maximum atomic E-state index is 2.77. The van der Waals surface area contributed by atoms with E-state index in [1.807, 2.05) is 0 Å². The Labute approximate surface area is 156 Å². The molecule has 2 atom stereocenters. The molecule has 0 bridgehead atoms. The van der Waals surface area contributed by atoms with Crippen LogP contribution in [0.3, 0.4) is 0 Å². The van der Waals surface area contributed by atoms with Crippen molar-refractivity contribution in [3.8, 4) is 0 Å². The van der Waals surface area contributed by atoms with Gasteiger partial charge in [0.05, 0.1) is 5.54 Å². The first kappa shape index (κ1) is 16.1. The average Bonchev–Trinajstić information content (AvgIpc) is 2.98. The monoisotopic (exact) mass is 344 g/mol. The van der Waals surface area contributed by atoms with Crippen LogP contribution in [-0.2, 0) is 18.5 Å². The predicted molar refractivity (Wildman–Crippen MR) is 109 cm³/mol. The van der Waals surface area contributed by atoms with Crippen LogP contribution >= 0.6 is 0 Å². The molecule has 2 aliphatic rings. The summed E-state index contributed by atoms with van der Waals surface area (Å²) < 4.78 is 2.63. The van der Waals surface area contributed by atoms with Gasteiger partial charge in [0.2, 0.25) is 0 Å². The highest BCUT2D eigenvalue weighted by atomic mass is 15.2. The first-order chi connectivity index (χ1) is 12.7. The lowest BCUT2D eigenvalue weighted by Gasteiger charge is -2.50. The van der Waals surface area contributed by atoms with Gasteiger partial charge in [0.15, 0.2) is 0 Å². The molecule has 2 heteroatoms. The van der Waals surface area contributed by atoms with E-state index in [1.165, 1.54) is 48.8 Å². The summed E-state index contributed by atoms with van der Waals surface area (Å²) in [5, 5.41) is 1.47. The molecule has 0 spiro atoms. The second-order valence-corrected chi connectivity index (χ2v) is 8.53. The van der Waals surface area contributed by atoms with Gasteiger partial charge in [-0.25, -0.2) is 0 Å². The van der Waals surface area contributed by atoms with Crippen molar-refractivity contribution in [2.75, 3.05) is 13.1 Å². The molecule has 1 saturated heterocycles. The van der Waals surface area contributed by atoms with Gasteiger partial charge >= 0.3 is 0 Å². The molecule has 2 unspecified atom stereocenters. The van der Waals surface area contributed by atoms with Crippen LogP contribution in [0, 0.1) is 5.92 Å². The molecule has 1 fully saturated rings. The van der Waals surface area contributed by atoms with Gasteiger partial charge in [0.25, 0.3) is 0 Å². The molecule has 26 heavy (non-hydrogen) atoms. The lowest BCUT2D eigenvalue weighted by Crippen LogP contribution is -2.54. The zero-order chi connectivity index (χ0) is 17.7. The van der Waals surface area contributed by atoms with E-state index in [9.17, 15) is 0 Å². The highest BCUT2D eigenvalue weighted by Gasteiger charge is 2.44. The number of para-hydroxylation sites is 1. The lowest BCUT2D eigenvalue weighted by atomic mass is 9.77. The minimum Gasteiger partial charge on any atom is -0.338 e. The molecular weight excluding hydrogens is 316 g/mol. The van der Waals surface area contributed by atoms with Crippen molar-refractivity contribution in [2.24, 2.45) is 5.92 Å². The Kier molecular flexibility index (Phi) is 3.72. The quantitative estimate of drug-likeness (QED) is 0.621. The number of nitrogens with zero attached hydrogens (tertiary/aromatic N) is 2. The number of piperidine rings is 1. The van der Waals surface area contributed by atoms with Crippen molar-refractivity contribution < 1.29 is 0 Å². The molecule has 2 aliphatic heterocycles. The molecule has 0 N–H and O–H groups in total. The number of benzene rings is 2. The van der Waals surface area contributed by atoms with E-state index in [4.69, 9.17) is 0 Å². The molecule has 134 valence electrons. The van der Waals surface area contributed by atoms with Gasteiger partial charge < -0.3 is 4.57 Å². The van der Waals surface area contributed by atoms with Crippen LogP contribution in [-0.4, -0.2) is 22.6 Å². The Balaban J connectivity index is 1.72. The van der Waals surface area contributed by atoms with Gasteiger partial charge in [-0.15, -0.1) is 0 Å². The zero-order valence-corrected chi connectivity index (χ0v) is 15.9. The fourth-order valence-electron chi connectivity index (χ4n) is 5.38. The van der Waals surface area contributed by atoms with Crippen molar-refractivity contribution in [1.29, 1.82) is 0 Å². The summed E-state index contributed by atoms with van der Waals surface area (Å²) in [5.41, 5.74) is 6.16. The van der Waals surface area contributed by atoms with E-state index in [-0.39, 0.29) is 5.54 Å². The predicted octanol–water partition coefficient (Wildman–Crippen LogP) is 5.19. The van der Waals surface area contributed by atoms with Gasteiger partial charge in [-0.1, -0.05) is 55.5 Å². The normalized spacial score (nSPS) is 25.8. The van der Waals surface area contributed by atoms with E-state index < -0.39 is 0 Å². The van der Waals surface area contributed by atoms with Gasteiger partial charge in [-0.2, -0.15) is 0 Å². The van der Waals surface area contributed by atoms with E-state index >= 15 is 0 Å². The lowest BCUT2D eigenvalue weighted by molar-refractivity contribution is 0.0195. The van der Waals surface area contributed by atoms with Crippen LogP contribution in [0.1, 0.15) is 43.5 Å². The SMILES string of the molecule is CC1CCC2(C)c3c(c4ccccc4n3Cc3ccccc3)CCN2C1. The number of rotatable bonds is 2. The molecular formula is C24H28N2. The van der Waals surface area contributed by atoms with E-state index in [1.54, 1.807) is 11.3 Å². The number of hydrogen-bond donors (Lipinski definition) is 0. The Hall–Kier alpha value is -2.06. The molecule has 1 aromatic heterocycles. The molecule has 0 aliphatic carbocycles. The second-order valence-electron chi connectivity index (χ2n) is 8.53. The van der Waals surface area contributed by atoms with Crippen molar-refractivity contribution in [3.05, 3.63) is 71.4 Å². The number of fused-ring (bicyclic) bond motifs is 5. The molecule has 2 nitrogen and oxygen atoms in total. The van der Waals surface area contributed by atoms with Crippen molar-refractivity contribution >= 4 is 10.9 Å². The highest BCUT2D eigenvalue weighted by Crippen LogP contribution is 2.46. The maximum absolute atomic E-state index is 2.77. The fourth-order valence-corrected chi connectivity index (χ4v) is 5.38. The van der Waals surface area contributed by atoms with Crippen LogP contribution in [0.2, 0.25) is 0 Å². The Morgan fingerprint density at radius 2 is 1.81 bits per heavy atom. The summed E-state index contributed by atoms with van der Waals surface area (Å²) >= 11 is 0. The maximum Gasteiger partial charge on any atom is 0.0588 e. The fraction of sp³-hybridized carbons (Fsp3) is 0.417. The molecule has 0 amide bonds. The standard InChI is InChI=1S/C24H28N2/c1-18-12-14-24(2)23-21(13-15-25(24)16-18)20-10-6-7-11-22(20)26(23)17-19-8-4-3-5-9-19/h3-11,18H,12-17H2,1-2H3. The highest BCUT2D eigenvalue weighted by molar-refractivity contribution is 5.86. The van der Waals surface area contributed by atoms with E-state index in [0.29, 0.717) is 0 Å². The first-order valence-corrected chi connectivity index (χ1v) is 10.1. The van der Waals surface area contributed by atoms with Gasteiger partial charge in [-0.05, 0) is 49.3 Å². The summed E-state index contributed by atoms with van der Waals surface area (Å²) in [5.74, 6) is 0.816. The number of aromatic nitrogens is 1. The van der Waals surface area contributed by atoms with Crippen molar-refractivity contribution in [2.45, 2.75) is 45.2 Å². The first-order valence-electron chi connectivity index (χ1n) is 10.1. The minimum absolute atomic E-state index is 0.174. The Morgan fingerprint density at radius 3 is 2.65 bits per heavy atom. The molecule has 0 saturated carbocycles. The second kappa shape index (κ2) is 5.99. The third kappa shape index (κ3) is 2.35. The largest absolute Gasteiger partial charge is 0.338 e. The van der Waals surface area contributed by atoms with Gasteiger partial charge in [-0.3, -0.25) is 4.90 Å². The summed E-state index contributed by atoms with van der Waals surface area (Å²) in [4.78, 5) is 2.77. The molecule has 3 aromatic rings. The summed E-state index contributed by atoms with van der Waals surface area (Å²) in [6, 6.07) is 20.0. The van der Waals surface area contributed by atoms with Crippen LogP contribution in [0.4, 0.5) is 0 Å². The Morgan fingerprint density at radius 1 is 1.04 bits per heavy atom. The molecule has 3 heterocycles. The van der Waals surface area contributed by atoms with Crippen LogP contribution < -0.4 is 0 Å². The molecule has 5 rings (SSSR count). The van der Waals surface area contributed by atoms with Gasteiger partial charge in [0.1, 0.15) is 0 Å². The molecule has 0 radical (unpaired) electrons. The van der Waals surface area contributed by atoms with Crippen LogP contribution in [0.25, 0.3) is 10.9 Å². The zero-order valence-electron chi connectivity index (χ0n) is 15.9. The number of hydrogen-bond acceptors (Lipinski definition) is 1. The van der Waals surface area contributed by atoms with Crippen LogP contribution in [0.5, 0.6) is 0 Å². The van der Waals surface area contributed by atoms with Gasteiger partial charge in [0, 0.05) is 36.2 Å². The van der Waals surface area contributed by atoms with Crippen molar-refractivity contribution in [3.63, 3.8) is 0 Å². The topological polar surface area (TPSA) is 8.17 Å². The summed E-state index contributed by atoms with van der Waals surface area (Å²) in [6.45, 7) is 8.32. The Bertz CT molecular complexity index is 940. The average molecular weight is 345 g/mol. The summed E-state index contributed by atoms with van der Waals surface area (Å²) in [7, 11) is 0. The van der Waals surface area contributed by atoms with E-state index in [0.717, 1.165) is 12.5 Å². The van der Waals surface area contributed by atoms with E-state index in [2.05, 4.69) is 77.9 Å². The third-order valence-corrected chi connectivity index (χ3v) is 6.76. The third-order valence-electron chi connectivity index (χ3n) is 6.76. The molecule has 2 aromatic carbocycles. The minimum atomic E-state index is 0.174.